The normalized spacial score (nSPS) is 11.1. The van der Waals surface area contributed by atoms with Crippen molar-refractivity contribution in [2.45, 2.75) is 6.42 Å². The summed E-state index contributed by atoms with van der Waals surface area (Å²) in [5, 5.41) is 3.78. The number of pyridine rings is 1. The van der Waals surface area contributed by atoms with Crippen LogP contribution in [0, 0.1) is 11.6 Å². The molecular weight excluding hydrogens is 328 g/mol. The number of halogens is 2. The zero-order valence-electron chi connectivity index (χ0n) is 12.8. The molecule has 124 valence electrons. The summed E-state index contributed by atoms with van der Waals surface area (Å²) < 4.78 is 28.0. The van der Waals surface area contributed by atoms with E-state index in [0.29, 0.717) is 23.6 Å². The molecule has 0 spiro atoms. The number of benzene rings is 1. The third kappa shape index (κ3) is 2.89. The van der Waals surface area contributed by atoms with Crippen LogP contribution in [0.3, 0.4) is 0 Å². The van der Waals surface area contributed by atoms with Gasteiger partial charge in [0.2, 0.25) is 0 Å². The van der Waals surface area contributed by atoms with E-state index < -0.39 is 17.2 Å². The highest BCUT2D eigenvalue weighted by molar-refractivity contribution is 5.77. The average molecular weight is 339 g/mol. The first-order valence-electron chi connectivity index (χ1n) is 7.43. The lowest BCUT2D eigenvalue weighted by atomic mass is 10.2. The Kier molecular flexibility index (Phi) is 3.57. The zero-order chi connectivity index (χ0) is 17.4. The van der Waals surface area contributed by atoms with Crippen molar-refractivity contribution in [1.82, 2.24) is 24.7 Å². The largest absolute Gasteiger partial charge is 0.310 e. The topological polar surface area (TPSA) is 76.5 Å². The highest BCUT2D eigenvalue weighted by atomic mass is 19.1. The number of aromatic amines is 1. The summed E-state index contributed by atoms with van der Waals surface area (Å²) in [6.45, 7) is 0. The van der Waals surface area contributed by atoms with Gasteiger partial charge in [-0.05, 0) is 23.8 Å². The van der Waals surface area contributed by atoms with Crippen LogP contribution in [0.2, 0.25) is 0 Å². The summed E-state index contributed by atoms with van der Waals surface area (Å²) in [5.41, 5.74) is 0.570. The van der Waals surface area contributed by atoms with Crippen molar-refractivity contribution < 1.29 is 8.78 Å². The molecule has 4 aromatic rings. The lowest BCUT2D eigenvalue weighted by molar-refractivity contribution is 0.627. The fraction of sp³-hybridized carbons (Fsp3) is 0.0588. The van der Waals surface area contributed by atoms with Crippen LogP contribution in [0.1, 0.15) is 11.4 Å². The van der Waals surface area contributed by atoms with Crippen molar-refractivity contribution in [1.29, 1.82) is 0 Å². The molecule has 0 aliphatic rings. The third-order valence-corrected chi connectivity index (χ3v) is 3.70. The first-order valence-corrected chi connectivity index (χ1v) is 7.43. The maximum atomic E-state index is 13.7. The summed E-state index contributed by atoms with van der Waals surface area (Å²) in [5.74, 6) is -0.177. The molecule has 6 nitrogen and oxygen atoms in total. The van der Waals surface area contributed by atoms with Crippen LogP contribution in [-0.4, -0.2) is 24.7 Å². The van der Waals surface area contributed by atoms with Crippen LogP contribution in [0.5, 0.6) is 0 Å². The van der Waals surface area contributed by atoms with Crippen LogP contribution >= 0.6 is 0 Å². The number of rotatable bonds is 3. The molecule has 1 aromatic carbocycles. The van der Waals surface area contributed by atoms with E-state index in [0.717, 1.165) is 11.8 Å². The van der Waals surface area contributed by atoms with E-state index in [4.69, 9.17) is 0 Å². The first kappa shape index (κ1) is 15.1. The van der Waals surface area contributed by atoms with Crippen LogP contribution in [0.15, 0.2) is 53.7 Å². The second-order valence-electron chi connectivity index (χ2n) is 5.45. The first-order chi connectivity index (χ1) is 12.1. The number of fused-ring (bicyclic) bond motifs is 1. The van der Waals surface area contributed by atoms with Crippen molar-refractivity contribution in [3.8, 4) is 5.82 Å². The second kappa shape index (κ2) is 5.90. The van der Waals surface area contributed by atoms with E-state index in [-0.39, 0.29) is 5.39 Å². The maximum absolute atomic E-state index is 13.7. The molecule has 0 aliphatic heterocycles. The lowest BCUT2D eigenvalue weighted by Gasteiger charge is -2.05. The van der Waals surface area contributed by atoms with E-state index in [2.05, 4.69) is 20.1 Å². The summed E-state index contributed by atoms with van der Waals surface area (Å²) >= 11 is 0. The Balaban J connectivity index is 1.64. The number of H-pyrrole nitrogens is 1. The maximum Gasteiger partial charge on any atom is 0.261 e. The highest BCUT2D eigenvalue weighted by Crippen LogP contribution is 2.13. The van der Waals surface area contributed by atoms with Crippen LogP contribution in [0.25, 0.3) is 16.7 Å². The standard InChI is InChI=1S/C17H11F2N5O/c18-11-8-21-24(9-11)15-5-4-10(7-20-15)6-14-22-13-3-1-2-12(19)16(13)17(25)23-14/h1-5,7-9H,6H2,(H,22,23,25). The van der Waals surface area contributed by atoms with Gasteiger partial charge < -0.3 is 4.98 Å². The Morgan fingerprint density at radius 1 is 1.12 bits per heavy atom. The number of hydrogen-bond donors (Lipinski definition) is 1. The molecule has 8 heteroatoms. The number of aromatic nitrogens is 5. The van der Waals surface area contributed by atoms with Crippen molar-refractivity contribution >= 4 is 10.9 Å². The molecule has 0 aliphatic carbocycles. The van der Waals surface area contributed by atoms with Gasteiger partial charge in [0.15, 0.2) is 11.6 Å². The highest BCUT2D eigenvalue weighted by Gasteiger charge is 2.09. The van der Waals surface area contributed by atoms with Gasteiger partial charge >= 0.3 is 0 Å². The van der Waals surface area contributed by atoms with Gasteiger partial charge in [-0.25, -0.2) is 23.4 Å². The van der Waals surface area contributed by atoms with Crippen molar-refractivity contribution in [3.05, 3.63) is 82.3 Å². The summed E-state index contributed by atoms with van der Waals surface area (Å²) in [7, 11) is 0. The van der Waals surface area contributed by atoms with Crippen molar-refractivity contribution in [2.24, 2.45) is 0 Å². The fourth-order valence-corrected chi connectivity index (χ4v) is 2.56. The minimum Gasteiger partial charge on any atom is -0.310 e. The number of nitrogens with zero attached hydrogens (tertiary/aromatic N) is 4. The zero-order valence-corrected chi connectivity index (χ0v) is 12.8. The van der Waals surface area contributed by atoms with E-state index in [9.17, 15) is 13.6 Å². The summed E-state index contributed by atoms with van der Waals surface area (Å²) in [6, 6.07) is 7.77. The molecule has 0 unspecified atom stereocenters. The molecule has 0 atom stereocenters. The molecule has 0 fully saturated rings. The second-order valence-corrected chi connectivity index (χ2v) is 5.45. The predicted molar refractivity (Wildman–Crippen MR) is 86.4 cm³/mol. The predicted octanol–water partition coefficient (Wildman–Crippen LogP) is 2.37. The Bertz CT molecular complexity index is 1120. The Morgan fingerprint density at radius 3 is 2.72 bits per heavy atom. The molecule has 0 radical (unpaired) electrons. The average Bonchev–Trinajstić information content (AvgIpc) is 3.02. The van der Waals surface area contributed by atoms with Gasteiger partial charge in [-0.15, -0.1) is 0 Å². The molecule has 0 saturated heterocycles. The lowest BCUT2D eigenvalue weighted by Crippen LogP contribution is -2.13. The Labute approximate surface area is 139 Å². The summed E-state index contributed by atoms with van der Waals surface area (Å²) in [6.07, 6.45) is 4.23. The molecule has 0 amide bonds. The monoisotopic (exact) mass is 339 g/mol. The quantitative estimate of drug-likeness (QED) is 0.622. The fourth-order valence-electron chi connectivity index (χ4n) is 2.56. The number of nitrogens with one attached hydrogen (secondary N) is 1. The van der Waals surface area contributed by atoms with Gasteiger partial charge in [0.1, 0.15) is 17.0 Å². The van der Waals surface area contributed by atoms with Gasteiger partial charge in [0, 0.05) is 12.6 Å². The van der Waals surface area contributed by atoms with E-state index in [1.807, 2.05) is 0 Å². The third-order valence-electron chi connectivity index (χ3n) is 3.70. The van der Waals surface area contributed by atoms with Gasteiger partial charge in [0.25, 0.3) is 5.56 Å². The Morgan fingerprint density at radius 2 is 2.00 bits per heavy atom. The minimum atomic E-state index is -0.602. The van der Waals surface area contributed by atoms with E-state index in [1.54, 1.807) is 24.4 Å². The number of hydrogen-bond acceptors (Lipinski definition) is 4. The SMILES string of the molecule is O=c1[nH]c(Cc2ccc(-n3cc(F)cn3)nc2)nc2cccc(F)c12. The van der Waals surface area contributed by atoms with Gasteiger partial charge in [-0.2, -0.15) is 5.10 Å². The van der Waals surface area contributed by atoms with Crippen molar-refractivity contribution in [3.63, 3.8) is 0 Å². The smallest absolute Gasteiger partial charge is 0.261 e. The van der Waals surface area contributed by atoms with Crippen LogP contribution < -0.4 is 5.56 Å². The minimum absolute atomic E-state index is 0.0552. The Hall–Kier alpha value is -3.42. The molecule has 3 heterocycles. The van der Waals surface area contributed by atoms with Crippen LogP contribution in [0.4, 0.5) is 8.78 Å². The van der Waals surface area contributed by atoms with Gasteiger partial charge in [-0.3, -0.25) is 4.79 Å². The molecule has 25 heavy (non-hydrogen) atoms. The molecule has 0 saturated carbocycles. The van der Waals surface area contributed by atoms with E-state index in [1.165, 1.54) is 23.0 Å². The molecular formula is C17H11F2N5O. The summed E-state index contributed by atoms with van der Waals surface area (Å²) in [4.78, 5) is 23.1. The molecule has 1 N–H and O–H groups in total. The van der Waals surface area contributed by atoms with Crippen LogP contribution in [-0.2, 0) is 6.42 Å². The van der Waals surface area contributed by atoms with Crippen molar-refractivity contribution in [2.75, 3.05) is 0 Å². The van der Waals surface area contributed by atoms with E-state index >= 15 is 0 Å². The molecule has 3 aromatic heterocycles. The molecule has 0 bridgehead atoms. The molecule has 4 rings (SSSR count). The van der Waals surface area contributed by atoms with Gasteiger partial charge in [-0.1, -0.05) is 12.1 Å². The van der Waals surface area contributed by atoms with Gasteiger partial charge in [0.05, 0.1) is 17.9 Å².